The monoisotopic (exact) mass is 520 g/mol. The van der Waals surface area contributed by atoms with Gasteiger partial charge in [-0.25, -0.2) is 4.39 Å². The topological polar surface area (TPSA) is 67.9 Å². The molecule has 0 fully saturated rings. The van der Waals surface area contributed by atoms with Crippen LogP contribution in [0.1, 0.15) is 43.9 Å². The van der Waals surface area contributed by atoms with Crippen LogP contribution < -0.4 is 14.8 Å². The number of amides is 2. The van der Waals surface area contributed by atoms with E-state index in [0.717, 1.165) is 11.1 Å². The quantitative estimate of drug-likeness (QED) is 0.312. The van der Waals surface area contributed by atoms with Crippen molar-refractivity contribution in [2.75, 3.05) is 19.8 Å². The number of rotatable bonds is 14. The molecule has 0 heterocycles. The minimum atomic E-state index is -0.788. The van der Waals surface area contributed by atoms with Gasteiger partial charge in [0.15, 0.2) is 11.5 Å². The summed E-state index contributed by atoms with van der Waals surface area (Å²) in [6.07, 6.45) is 0.912. The zero-order valence-electron chi connectivity index (χ0n) is 22.4. The van der Waals surface area contributed by atoms with Crippen molar-refractivity contribution in [1.29, 1.82) is 0 Å². The predicted molar refractivity (Wildman–Crippen MR) is 147 cm³/mol. The van der Waals surface area contributed by atoms with E-state index in [1.54, 1.807) is 18.2 Å². The fourth-order valence-electron chi connectivity index (χ4n) is 4.30. The van der Waals surface area contributed by atoms with Crippen LogP contribution in [0.5, 0.6) is 11.5 Å². The molecule has 2 amide bonds. The normalized spacial score (nSPS) is 11.5. The molecule has 7 heteroatoms. The maximum absolute atomic E-state index is 14.7. The second kappa shape index (κ2) is 14.8. The fourth-order valence-corrected chi connectivity index (χ4v) is 4.30. The predicted octanol–water partition coefficient (Wildman–Crippen LogP) is 5.33. The Labute approximate surface area is 224 Å². The van der Waals surface area contributed by atoms with Crippen molar-refractivity contribution in [3.8, 4) is 11.5 Å². The number of nitrogens with one attached hydrogen (secondary N) is 1. The lowest BCUT2D eigenvalue weighted by Crippen LogP contribution is -2.50. The lowest BCUT2D eigenvalue weighted by atomic mass is 10.0. The molecule has 0 radical (unpaired) electrons. The average molecular weight is 521 g/mol. The molecule has 3 aromatic carbocycles. The Kier molecular flexibility index (Phi) is 11.1. The van der Waals surface area contributed by atoms with Crippen molar-refractivity contribution in [3.63, 3.8) is 0 Å². The minimum absolute atomic E-state index is 0.00633. The summed E-state index contributed by atoms with van der Waals surface area (Å²) in [6, 6.07) is 20.7. The van der Waals surface area contributed by atoms with Gasteiger partial charge in [-0.2, -0.15) is 0 Å². The average Bonchev–Trinajstić information content (AvgIpc) is 2.92. The zero-order chi connectivity index (χ0) is 27.3. The molecular weight excluding hydrogens is 483 g/mol. The third kappa shape index (κ3) is 8.07. The van der Waals surface area contributed by atoms with E-state index in [-0.39, 0.29) is 24.8 Å². The van der Waals surface area contributed by atoms with Crippen LogP contribution in [0.25, 0.3) is 0 Å². The number of halogens is 1. The maximum Gasteiger partial charge on any atom is 0.243 e. The first-order valence-corrected chi connectivity index (χ1v) is 13.2. The van der Waals surface area contributed by atoms with Gasteiger partial charge in [0.05, 0.1) is 13.2 Å². The van der Waals surface area contributed by atoms with E-state index in [1.807, 2.05) is 69.3 Å². The van der Waals surface area contributed by atoms with Crippen LogP contribution in [0.3, 0.4) is 0 Å². The molecule has 38 heavy (non-hydrogen) atoms. The van der Waals surface area contributed by atoms with E-state index in [0.29, 0.717) is 49.7 Å². The number of carbonyl (C=O) groups is 2. The molecule has 0 aliphatic heterocycles. The van der Waals surface area contributed by atoms with E-state index >= 15 is 0 Å². The lowest BCUT2D eigenvalue weighted by Gasteiger charge is -2.31. The first-order chi connectivity index (χ1) is 18.5. The smallest absolute Gasteiger partial charge is 0.243 e. The molecule has 6 nitrogen and oxygen atoms in total. The second-order valence-electron chi connectivity index (χ2n) is 8.86. The molecule has 0 spiro atoms. The van der Waals surface area contributed by atoms with Gasteiger partial charge < -0.3 is 19.7 Å². The Morgan fingerprint density at radius 2 is 1.55 bits per heavy atom. The maximum atomic E-state index is 14.7. The molecule has 0 aromatic heterocycles. The third-order valence-corrected chi connectivity index (χ3v) is 6.16. The summed E-state index contributed by atoms with van der Waals surface area (Å²) in [7, 11) is 0. The molecule has 0 saturated heterocycles. The minimum Gasteiger partial charge on any atom is -0.490 e. The zero-order valence-corrected chi connectivity index (χ0v) is 22.4. The summed E-state index contributed by atoms with van der Waals surface area (Å²) in [5, 5.41) is 2.86. The molecule has 0 bridgehead atoms. The highest BCUT2D eigenvalue weighted by Crippen LogP contribution is 2.29. The van der Waals surface area contributed by atoms with Gasteiger partial charge >= 0.3 is 0 Å². The van der Waals surface area contributed by atoms with Crippen LogP contribution >= 0.6 is 0 Å². The van der Waals surface area contributed by atoms with Crippen molar-refractivity contribution >= 4 is 11.8 Å². The summed E-state index contributed by atoms with van der Waals surface area (Å²) >= 11 is 0. The van der Waals surface area contributed by atoms with E-state index in [9.17, 15) is 14.0 Å². The fraction of sp³-hybridized carbons (Fsp3) is 0.355. The first-order valence-electron chi connectivity index (χ1n) is 13.2. The van der Waals surface area contributed by atoms with Gasteiger partial charge in [0, 0.05) is 31.5 Å². The Balaban J connectivity index is 1.88. The van der Waals surface area contributed by atoms with Gasteiger partial charge in [-0.05, 0) is 56.5 Å². The van der Waals surface area contributed by atoms with Gasteiger partial charge in [0.1, 0.15) is 11.9 Å². The van der Waals surface area contributed by atoms with E-state index < -0.39 is 11.9 Å². The summed E-state index contributed by atoms with van der Waals surface area (Å²) < 4.78 is 26.0. The number of likely N-dealkylation sites (N-methyl/N-ethyl adjacent to an activating group) is 1. The molecule has 3 rings (SSSR count). The number of hydrogen-bond acceptors (Lipinski definition) is 4. The summed E-state index contributed by atoms with van der Waals surface area (Å²) in [6.45, 7) is 7.08. The Hall–Kier alpha value is -3.87. The van der Waals surface area contributed by atoms with Gasteiger partial charge in [-0.1, -0.05) is 54.6 Å². The van der Waals surface area contributed by atoms with Gasteiger partial charge in [-0.15, -0.1) is 0 Å². The third-order valence-electron chi connectivity index (χ3n) is 6.16. The standard InChI is InChI=1S/C31H37FN2O4/c1-4-33-31(36)27(20-23-12-8-7-9-13-23)34(22-25-14-10-11-15-26(25)32)30(35)19-17-24-16-18-28(37-5-2)29(21-24)38-6-3/h7-16,18,21,27H,4-6,17,19-20,22H2,1-3H3,(H,33,36). The first kappa shape index (κ1) is 28.7. The van der Waals surface area contributed by atoms with Crippen LogP contribution in [0.15, 0.2) is 72.8 Å². The van der Waals surface area contributed by atoms with Crippen LogP contribution in [0.2, 0.25) is 0 Å². The summed E-state index contributed by atoms with van der Waals surface area (Å²) in [5.41, 5.74) is 2.19. The molecule has 0 aliphatic carbocycles. The van der Waals surface area contributed by atoms with E-state index in [4.69, 9.17) is 9.47 Å². The van der Waals surface area contributed by atoms with Crippen LogP contribution in [0, 0.1) is 5.82 Å². The summed E-state index contributed by atoms with van der Waals surface area (Å²) in [5.74, 6) is 0.386. The molecule has 1 atom stereocenters. The SMILES string of the molecule is CCNC(=O)C(Cc1ccccc1)N(Cc1ccccc1F)C(=O)CCc1ccc(OCC)c(OCC)c1. The Morgan fingerprint density at radius 1 is 0.868 bits per heavy atom. The van der Waals surface area contributed by atoms with Crippen molar-refractivity contribution < 1.29 is 23.5 Å². The van der Waals surface area contributed by atoms with E-state index in [2.05, 4.69) is 5.32 Å². The molecule has 202 valence electrons. The van der Waals surface area contributed by atoms with Crippen LogP contribution in [-0.4, -0.2) is 42.5 Å². The number of ether oxygens (including phenoxy) is 2. The molecule has 1 N–H and O–H groups in total. The number of benzene rings is 3. The number of carbonyl (C=O) groups excluding carboxylic acids is 2. The molecule has 1 unspecified atom stereocenters. The highest BCUT2D eigenvalue weighted by molar-refractivity contribution is 5.88. The van der Waals surface area contributed by atoms with Gasteiger partial charge in [-0.3, -0.25) is 9.59 Å². The number of nitrogens with zero attached hydrogens (tertiary/aromatic N) is 1. The largest absolute Gasteiger partial charge is 0.490 e. The Morgan fingerprint density at radius 3 is 2.24 bits per heavy atom. The van der Waals surface area contributed by atoms with Crippen molar-refractivity contribution in [1.82, 2.24) is 10.2 Å². The molecule has 0 saturated carbocycles. The van der Waals surface area contributed by atoms with Crippen molar-refractivity contribution in [2.24, 2.45) is 0 Å². The highest BCUT2D eigenvalue weighted by Gasteiger charge is 2.30. The molecular formula is C31H37FN2O4. The van der Waals surface area contributed by atoms with Gasteiger partial charge in [0.2, 0.25) is 11.8 Å². The molecule has 0 aliphatic rings. The van der Waals surface area contributed by atoms with E-state index in [1.165, 1.54) is 11.0 Å². The lowest BCUT2D eigenvalue weighted by molar-refractivity contribution is -0.141. The number of aryl methyl sites for hydroxylation is 1. The van der Waals surface area contributed by atoms with Crippen LogP contribution in [0.4, 0.5) is 4.39 Å². The van der Waals surface area contributed by atoms with Crippen LogP contribution in [-0.2, 0) is 29.0 Å². The molecule has 3 aromatic rings. The summed E-state index contributed by atoms with van der Waals surface area (Å²) in [4.78, 5) is 28.5. The van der Waals surface area contributed by atoms with Crippen molar-refractivity contribution in [3.05, 3.63) is 95.3 Å². The second-order valence-corrected chi connectivity index (χ2v) is 8.86. The number of hydrogen-bond donors (Lipinski definition) is 1. The van der Waals surface area contributed by atoms with Crippen molar-refractivity contribution in [2.45, 2.75) is 52.6 Å². The highest BCUT2D eigenvalue weighted by atomic mass is 19.1. The van der Waals surface area contributed by atoms with Gasteiger partial charge in [0.25, 0.3) is 0 Å². The Bertz CT molecular complexity index is 1190.